The minimum absolute atomic E-state index is 0.0175. The lowest BCUT2D eigenvalue weighted by Gasteiger charge is -2.37. The molecule has 0 unspecified atom stereocenters. The molecule has 3 heterocycles. The first-order valence-corrected chi connectivity index (χ1v) is 14.0. The van der Waals surface area contributed by atoms with Gasteiger partial charge >= 0.3 is 0 Å². The van der Waals surface area contributed by atoms with Crippen LogP contribution in [0.3, 0.4) is 0 Å². The lowest BCUT2D eigenvalue weighted by atomic mass is 10.00. The van der Waals surface area contributed by atoms with Crippen LogP contribution in [-0.2, 0) is 16.0 Å². The summed E-state index contributed by atoms with van der Waals surface area (Å²) in [5.41, 5.74) is 2.79. The van der Waals surface area contributed by atoms with Crippen LogP contribution in [0.1, 0.15) is 45.2 Å². The van der Waals surface area contributed by atoms with E-state index in [0.29, 0.717) is 37.6 Å². The number of methoxy groups -OCH3 is 1. The molecule has 0 bridgehead atoms. The standard InChI is InChI=1S/C30H34N2O5S/c1-21-8-10-23(11-9-21)37-20-27-26-13-16-38-28(26)12-14-32(27)29(33)19-31(18-25-7-4-15-36-25)30(34)22-5-3-6-24(17-22)35-2/h3,5-6,8-11,13,16-17,25,27H,4,7,12,14-15,18-20H2,1-2H3/t25-,27+/m0/s1. The minimum Gasteiger partial charge on any atom is -0.497 e. The van der Waals surface area contributed by atoms with Crippen molar-refractivity contribution in [3.8, 4) is 11.5 Å². The van der Waals surface area contributed by atoms with E-state index < -0.39 is 0 Å². The zero-order valence-electron chi connectivity index (χ0n) is 21.9. The Morgan fingerprint density at radius 3 is 2.74 bits per heavy atom. The van der Waals surface area contributed by atoms with Crippen molar-refractivity contribution in [1.82, 2.24) is 9.80 Å². The number of hydrogen-bond donors (Lipinski definition) is 0. The average Bonchev–Trinajstić information content (AvgIpc) is 3.64. The number of carbonyl (C=O) groups excluding carboxylic acids is 2. The average molecular weight is 535 g/mol. The maximum atomic E-state index is 13.9. The van der Waals surface area contributed by atoms with Gasteiger partial charge in [-0.05, 0) is 73.5 Å². The van der Waals surface area contributed by atoms with E-state index >= 15 is 0 Å². The molecule has 1 saturated heterocycles. The Bertz CT molecular complexity index is 1250. The molecule has 3 aromatic rings. The third kappa shape index (κ3) is 6.03. The van der Waals surface area contributed by atoms with E-state index in [4.69, 9.17) is 14.2 Å². The van der Waals surface area contributed by atoms with Gasteiger partial charge in [-0.15, -0.1) is 11.3 Å². The zero-order valence-corrected chi connectivity index (χ0v) is 22.7. The molecule has 1 fully saturated rings. The van der Waals surface area contributed by atoms with Crippen molar-refractivity contribution in [1.29, 1.82) is 0 Å². The van der Waals surface area contributed by atoms with Gasteiger partial charge in [0.1, 0.15) is 24.7 Å². The fourth-order valence-electron chi connectivity index (χ4n) is 5.13. The van der Waals surface area contributed by atoms with E-state index in [1.165, 1.54) is 10.4 Å². The van der Waals surface area contributed by atoms with Gasteiger partial charge in [-0.2, -0.15) is 0 Å². The van der Waals surface area contributed by atoms with Gasteiger partial charge in [-0.3, -0.25) is 9.59 Å². The molecular weight excluding hydrogens is 500 g/mol. The smallest absolute Gasteiger partial charge is 0.254 e. The van der Waals surface area contributed by atoms with Crippen LogP contribution < -0.4 is 9.47 Å². The maximum Gasteiger partial charge on any atom is 0.254 e. The minimum atomic E-state index is -0.213. The Kier molecular flexibility index (Phi) is 8.29. The Hall–Kier alpha value is -3.36. The number of hydrogen-bond acceptors (Lipinski definition) is 6. The molecule has 0 aliphatic carbocycles. The number of carbonyl (C=O) groups is 2. The molecule has 0 N–H and O–H groups in total. The first kappa shape index (κ1) is 26.3. The molecule has 0 saturated carbocycles. The molecule has 2 aliphatic heterocycles. The summed E-state index contributed by atoms with van der Waals surface area (Å²) in [5.74, 6) is 1.09. The third-order valence-corrected chi connectivity index (χ3v) is 8.22. The predicted molar refractivity (Wildman–Crippen MR) is 147 cm³/mol. The molecule has 1 aromatic heterocycles. The quantitative estimate of drug-likeness (QED) is 0.391. The van der Waals surface area contributed by atoms with Crippen molar-refractivity contribution in [3.05, 3.63) is 81.5 Å². The van der Waals surface area contributed by atoms with Gasteiger partial charge in [0.15, 0.2) is 0 Å². The lowest BCUT2D eigenvalue weighted by Crippen LogP contribution is -2.49. The molecule has 2 aliphatic rings. The van der Waals surface area contributed by atoms with Crippen LogP contribution in [0, 0.1) is 6.92 Å². The van der Waals surface area contributed by atoms with E-state index in [0.717, 1.165) is 30.6 Å². The molecule has 2 atom stereocenters. The SMILES string of the molecule is COc1cccc(C(=O)N(CC(=O)N2CCc3sccc3[C@H]2COc2ccc(C)cc2)C[C@@H]2CCCO2)c1. The molecule has 200 valence electrons. The number of fused-ring (bicyclic) bond motifs is 1. The van der Waals surface area contributed by atoms with Crippen molar-refractivity contribution >= 4 is 23.2 Å². The van der Waals surface area contributed by atoms with Crippen LogP contribution in [0.25, 0.3) is 0 Å². The van der Waals surface area contributed by atoms with Gasteiger partial charge in [0, 0.05) is 30.1 Å². The Morgan fingerprint density at radius 2 is 1.97 bits per heavy atom. The molecule has 2 amide bonds. The monoisotopic (exact) mass is 534 g/mol. The van der Waals surface area contributed by atoms with Gasteiger partial charge in [-0.1, -0.05) is 23.8 Å². The molecular formula is C30H34N2O5S. The van der Waals surface area contributed by atoms with Crippen molar-refractivity contribution < 1.29 is 23.8 Å². The summed E-state index contributed by atoms with van der Waals surface area (Å²) in [6.45, 7) is 4.03. The number of thiophene rings is 1. The highest BCUT2D eigenvalue weighted by Gasteiger charge is 2.34. The number of nitrogens with zero attached hydrogens (tertiary/aromatic N) is 2. The van der Waals surface area contributed by atoms with Crippen LogP contribution in [0.15, 0.2) is 60.0 Å². The summed E-state index contributed by atoms with van der Waals surface area (Å²) in [7, 11) is 1.57. The third-order valence-electron chi connectivity index (χ3n) is 7.22. The number of amides is 2. The van der Waals surface area contributed by atoms with E-state index in [2.05, 4.69) is 11.4 Å². The van der Waals surface area contributed by atoms with Gasteiger partial charge in [0.05, 0.1) is 19.3 Å². The van der Waals surface area contributed by atoms with Gasteiger partial charge in [0.2, 0.25) is 5.91 Å². The molecule has 0 spiro atoms. The Morgan fingerprint density at radius 1 is 1.13 bits per heavy atom. The van der Waals surface area contributed by atoms with E-state index in [9.17, 15) is 9.59 Å². The van der Waals surface area contributed by atoms with Crippen molar-refractivity contribution in [2.75, 3.05) is 40.0 Å². The highest BCUT2D eigenvalue weighted by molar-refractivity contribution is 7.10. The highest BCUT2D eigenvalue weighted by atomic mass is 32.1. The predicted octanol–water partition coefficient (Wildman–Crippen LogP) is 4.89. The van der Waals surface area contributed by atoms with E-state index in [1.807, 2.05) is 36.1 Å². The largest absolute Gasteiger partial charge is 0.497 e. The molecule has 2 aromatic carbocycles. The van der Waals surface area contributed by atoms with Crippen molar-refractivity contribution in [2.24, 2.45) is 0 Å². The Balaban J connectivity index is 1.35. The Labute approximate surface area is 227 Å². The van der Waals surface area contributed by atoms with Crippen LogP contribution in [0.2, 0.25) is 0 Å². The topological polar surface area (TPSA) is 68.3 Å². The number of rotatable bonds is 9. The van der Waals surface area contributed by atoms with Crippen LogP contribution >= 0.6 is 11.3 Å². The van der Waals surface area contributed by atoms with Crippen LogP contribution in [0.4, 0.5) is 0 Å². The summed E-state index contributed by atoms with van der Waals surface area (Å²) in [5, 5.41) is 2.08. The fraction of sp³-hybridized carbons (Fsp3) is 0.400. The second kappa shape index (κ2) is 12.0. The number of ether oxygens (including phenoxy) is 3. The zero-order chi connectivity index (χ0) is 26.5. The summed E-state index contributed by atoms with van der Waals surface area (Å²) in [6, 6.07) is 16.9. The molecule has 38 heavy (non-hydrogen) atoms. The van der Waals surface area contributed by atoms with Gasteiger partial charge in [0.25, 0.3) is 5.91 Å². The number of aryl methyl sites for hydroxylation is 1. The van der Waals surface area contributed by atoms with Gasteiger partial charge in [-0.25, -0.2) is 0 Å². The lowest BCUT2D eigenvalue weighted by molar-refractivity contribution is -0.135. The van der Waals surface area contributed by atoms with E-state index in [-0.39, 0.29) is 30.5 Å². The summed E-state index contributed by atoms with van der Waals surface area (Å²) < 4.78 is 17.3. The first-order valence-electron chi connectivity index (χ1n) is 13.1. The second-order valence-electron chi connectivity index (χ2n) is 9.83. The first-order chi connectivity index (χ1) is 18.5. The molecule has 8 heteroatoms. The molecule has 7 nitrogen and oxygen atoms in total. The fourth-order valence-corrected chi connectivity index (χ4v) is 6.06. The van der Waals surface area contributed by atoms with Gasteiger partial charge < -0.3 is 24.0 Å². The summed E-state index contributed by atoms with van der Waals surface area (Å²) in [4.78, 5) is 32.3. The summed E-state index contributed by atoms with van der Waals surface area (Å²) >= 11 is 1.72. The van der Waals surface area contributed by atoms with Crippen molar-refractivity contribution in [2.45, 2.75) is 38.3 Å². The van der Waals surface area contributed by atoms with Crippen LogP contribution in [0.5, 0.6) is 11.5 Å². The molecule has 0 radical (unpaired) electrons. The van der Waals surface area contributed by atoms with Crippen LogP contribution in [-0.4, -0.2) is 67.7 Å². The normalized spacial score (nSPS) is 18.6. The second-order valence-corrected chi connectivity index (χ2v) is 10.8. The van der Waals surface area contributed by atoms with E-state index in [1.54, 1.807) is 47.6 Å². The summed E-state index contributed by atoms with van der Waals surface area (Å²) in [6.07, 6.45) is 2.58. The number of benzene rings is 2. The highest BCUT2D eigenvalue weighted by Crippen LogP contribution is 2.34. The van der Waals surface area contributed by atoms with Crippen molar-refractivity contribution in [3.63, 3.8) is 0 Å². The maximum absolute atomic E-state index is 13.9. The molecule has 5 rings (SSSR count).